The molecule has 0 aliphatic rings. The summed E-state index contributed by atoms with van der Waals surface area (Å²) in [5.41, 5.74) is 0. The Labute approximate surface area is 258 Å². The molecule has 4 heteroatoms. The highest BCUT2D eigenvalue weighted by Crippen LogP contribution is 2.14. The van der Waals surface area contributed by atoms with Crippen molar-refractivity contribution in [1.82, 2.24) is 0 Å². The molecule has 42 heavy (non-hydrogen) atoms. The number of unbranched alkanes of at least 4 members (excludes halogenated alkanes) is 7. The molecular formula is C38H60O4. The molecule has 0 bridgehead atoms. The summed E-state index contributed by atoms with van der Waals surface area (Å²) in [5.74, 6) is -0.887. The molecule has 0 spiro atoms. The van der Waals surface area contributed by atoms with Gasteiger partial charge in [-0.25, -0.2) is 0 Å². The first-order valence-corrected chi connectivity index (χ1v) is 16.6. The van der Waals surface area contributed by atoms with E-state index in [0.717, 1.165) is 89.9 Å². The normalized spacial score (nSPS) is 13.4. The van der Waals surface area contributed by atoms with E-state index in [1.165, 1.54) is 12.8 Å². The van der Waals surface area contributed by atoms with Gasteiger partial charge < -0.3 is 9.84 Å². The third-order valence-corrected chi connectivity index (χ3v) is 6.60. The Morgan fingerprint density at radius 3 is 1.57 bits per heavy atom. The molecule has 0 aromatic carbocycles. The zero-order valence-electron chi connectivity index (χ0n) is 26.8. The average molecular weight is 581 g/mol. The Balaban J connectivity index is 4.21. The fourth-order valence-corrected chi connectivity index (χ4v) is 4.22. The van der Waals surface area contributed by atoms with E-state index in [9.17, 15) is 9.59 Å². The molecule has 4 nitrogen and oxygen atoms in total. The van der Waals surface area contributed by atoms with Gasteiger partial charge >= 0.3 is 11.9 Å². The van der Waals surface area contributed by atoms with Gasteiger partial charge in [0.05, 0.1) is 0 Å². The Hall–Kier alpha value is -2.88. The first-order valence-electron chi connectivity index (χ1n) is 16.6. The Kier molecular flexibility index (Phi) is 30.4. The van der Waals surface area contributed by atoms with Gasteiger partial charge in [-0.1, -0.05) is 119 Å². The number of rotatable bonds is 28. The standard InChI is InChI=1S/C38H60O4/c1-3-5-7-9-11-13-15-16-17-18-20-22-24-26-31-35-38(41)42-36(33-29-27-30-34-37(39)40)32-28-25-23-21-19-14-12-10-8-6-4-2/h5-8,11-14,16-17,21,23,28,32,36H,3-4,9-10,15,18-20,22,24-27,29-31,33-35H2,1-2H3,(H,39,40)/b7-5-,8-6-,13-11-,14-12-,17-16-,23-21-,32-28-. The van der Waals surface area contributed by atoms with Crippen molar-refractivity contribution in [3.8, 4) is 0 Å². The van der Waals surface area contributed by atoms with Gasteiger partial charge in [0.25, 0.3) is 0 Å². The van der Waals surface area contributed by atoms with Crippen molar-refractivity contribution in [2.24, 2.45) is 0 Å². The maximum atomic E-state index is 12.5. The molecule has 0 aromatic heterocycles. The Bertz CT molecular complexity index is 841. The number of hydrogen-bond acceptors (Lipinski definition) is 3. The predicted molar refractivity (Wildman–Crippen MR) is 181 cm³/mol. The highest BCUT2D eigenvalue weighted by molar-refractivity contribution is 5.69. The van der Waals surface area contributed by atoms with Crippen LogP contribution in [0.15, 0.2) is 85.1 Å². The fourth-order valence-electron chi connectivity index (χ4n) is 4.22. The third-order valence-electron chi connectivity index (χ3n) is 6.60. The largest absolute Gasteiger partial charge is 0.481 e. The molecule has 1 unspecified atom stereocenters. The highest BCUT2D eigenvalue weighted by Gasteiger charge is 2.11. The lowest BCUT2D eigenvalue weighted by atomic mass is 10.1. The van der Waals surface area contributed by atoms with Crippen LogP contribution in [0.3, 0.4) is 0 Å². The molecule has 0 heterocycles. The minimum absolute atomic E-state index is 0.130. The molecule has 236 valence electrons. The second kappa shape index (κ2) is 32.6. The van der Waals surface area contributed by atoms with Gasteiger partial charge in [0, 0.05) is 12.8 Å². The van der Waals surface area contributed by atoms with Crippen LogP contribution < -0.4 is 0 Å². The number of carbonyl (C=O) groups excluding carboxylic acids is 1. The van der Waals surface area contributed by atoms with Crippen LogP contribution in [0.1, 0.15) is 136 Å². The van der Waals surface area contributed by atoms with Gasteiger partial charge in [-0.2, -0.15) is 0 Å². The SMILES string of the molecule is CC/C=C\C/C=C\C/C=C\C/C=C\C(CCCCCC(=O)O)OC(=O)CCCCCCC/C=C\C/C=C\C/C=C\CC. The van der Waals surface area contributed by atoms with Crippen molar-refractivity contribution in [2.75, 3.05) is 0 Å². The van der Waals surface area contributed by atoms with Gasteiger partial charge in [-0.05, 0) is 89.5 Å². The van der Waals surface area contributed by atoms with E-state index < -0.39 is 5.97 Å². The lowest BCUT2D eigenvalue weighted by Crippen LogP contribution is -2.16. The predicted octanol–water partition coefficient (Wildman–Crippen LogP) is 11.3. The Morgan fingerprint density at radius 1 is 0.548 bits per heavy atom. The number of carboxylic acid groups (broad SMARTS) is 1. The topological polar surface area (TPSA) is 63.6 Å². The zero-order valence-corrected chi connectivity index (χ0v) is 26.8. The summed E-state index contributed by atoms with van der Waals surface area (Å²) in [6.07, 6.45) is 47.4. The van der Waals surface area contributed by atoms with Gasteiger partial charge in [-0.3, -0.25) is 9.59 Å². The zero-order chi connectivity index (χ0) is 30.8. The van der Waals surface area contributed by atoms with E-state index in [1.54, 1.807) is 0 Å². The molecule has 0 aromatic rings. The molecule has 0 rings (SSSR count). The summed E-state index contributed by atoms with van der Waals surface area (Å²) >= 11 is 0. The third kappa shape index (κ3) is 31.6. The van der Waals surface area contributed by atoms with Crippen LogP contribution in [0.5, 0.6) is 0 Å². The number of esters is 1. The monoisotopic (exact) mass is 580 g/mol. The maximum absolute atomic E-state index is 12.5. The van der Waals surface area contributed by atoms with Crippen LogP contribution in [0.25, 0.3) is 0 Å². The molecule has 0 radical (unpaired) electrons. The quantitative estimate of drug-likeness (QED) is 0.0568. The molecular weight excluding hydrogens is 520 g/mol. The van der Waals surface area contributed by atoms with E-state index in [1.807, 2.05) is 6.08 Å². The fraction of sp³-hybridized carbons (Fsp3) is 0.579. The molecule has 0 aliphatic heterocycles. The first kappa shape index (κ1) is 39.1. The van der Waals surface area contributed by atoms with E-state index in [4.69, 9.17) is 9.84 Å². The summed E-state index contributed by atoms with van der Waals surface area (Å²) in [6.45, 7) is 4.29. The van der Waals surface area contributed by atoms with Crippen molar-refractivity contribution < 1.29 is 19.4 Å². The molecule has 0 saturated heterocycles. The van der Waals surface area contributed by atoms with Crippen molar-refractivity contribution in [1.29, 1.82) is 0 Å². The van der Waals surface area contributed by atoms with Crippen LogP contribution in [0, 0.1) is 0 Å². The van der Waals surface area contributed by atoms with Crippen molar-refractivity contribution >= 4 is 11.9 Å². The second-order valence-corrected chi connectivity index (χ2v) is 10.6. The highest BCUT2D eigenvalue weighted by atomic mass is 16.5. The number of hydrogen-bond donors (Lipinski definition) is 1. The molecule has 0 fully saturated rings. The molecule has 1 N–H and O–H groups in total. The van der Waals surface area contributed by atoms with Gasteiger partial charge in [0.2, 0.25) is 0 Å². The molecule has 1 atom stereocenters. The summed E-state index contributed by atoms with van der Waals surface area (Å²) in [7, 11) is 0. The van der Waals surface area contributed by atoms with Crippen LogP contribution in [-0.2, 0) is 14.3 Å². The summed E-state index contributed by atoms with van der Waals surface area (Å²) < 4.78 is 5.79. The molecule has 0 amide bonds. The van der Waals surface area contributed by atoms with Crippen LogP contribution in [-0.4, -0.2) is 23.1 Å². The Morgan fingerprint density at radius 2 is 1.00 bits per heavy atom. The number of carboxylic acids is 1. The lowest BCUT2D eigenvalue weighted by molar-refractivity contribution is -0.147. The first-order chi connectivity index (χ1) is 20.6. The van der Waals surface area contributed by atoms with Crippen molar-refractivity contribution in [3.63, 3.8) is 0 Å². The maximum Gasteiger partial charge on any atom is 0.306 e. The van der Waals surface area contributed by atoms with Gasteiger partial charge in [-0.15, -0.1) is 0 Å². The van der Waals surface area contributed by atoms with E-state index in [-0.39, 0.29) is 18.5 Å². The van der Waals surface area contributed by atoms with Crippen molar-refractivity contribution in [3.05, 3.63) is 85.1 Å². The van der Waals surface area contributed by atoms with Gasteiger partial charge in [0.15, 0.2) is 0 Å². The van der Waals surface area contributed by atoms with Crippen LogP contribution in [0.4, 0.5) is 0 Å². The summed E-state index contributed by atoms with van der Waals surface area (Å²) in [5, 5.41) is 8.84. The molecule has 0 saturated carbocycles. The number of aliphatic carboxylic acids is 1. The average Bonchev–Trinajstić information content (AvgIpc) is 2.97. The van der Waals surface area contributed by atoms with Crippen LogP contribution >= 0.6 is 0 Å². The van der Waals surface area contributed by atoms with Gasteiger partial charge in [0.1, 0.15) is 6.10 Å². The number of ether oxygens (including phenoxy) is 1. The van der Waals surface area contributed by atoms with E-state index in [0.29, 0.717) is 12.8 Å². The number of allylic oxidation sites excluding steroid dienone is 13. The lowest BCUT2D eigenvalue weighted by Gasteiger charge is -2.14. The van der Waals surface area contributed by atoms with Crippen molar-refractivity contribution in [2.45, 2.75) is 142 Å². The smallest absolute Gasteiger partial charge is 0.306 e. The summed E-state index contributed by atoms with van der Waals surface area (Å²) in [6, 6.07) is 0. The minimum Gasteiger partial charge on any atom is -0.481 e. The second-order valence-electron chi connectivity index (χ2n) is 10.6. The molecule has 0 aliphatic carbocycles. The minimum atomic E-state index is -0.757. The summed E-state index contributed by atoms with van der Waals surface area (Å²) in [4.78, 5) is 23.2. The van der Waals surface area contributed by atoms with E-state index in [2.05, 4.69) is 92.8 Å². The number of carbonyl (C=O) groups is 2. The van der Waals surface area contributed by atoms with Crippen LogP contribution in [0.2, 0.25) is 0 Å². The van der Waals surface area contributed by atoms with E-state index >= 15 is 0 Å².